The van der Waals surface area contributed by atoms with Crippen LogP contribution in [0.25, 0.3) is 0 Å². The van der Waals surface area contributed by atoms with E-state index >= 15 is 0 Å². The molecule has 0 spiro atoms. The fourth-order valence-corrected chi connectivity index (χ4v) is 3.44. The van der Waals surface area contributed by atoms with Gasteiger partial charge in [-0.05, 0) is 31.0 Å². The molecular weight excluding hydrogens is 372 g/mol. The summed E-state index contributed by atoms with van der Waals surface area (Å²) in [6.07, 6.45) is 2.05. The zero-order chi connectivity index (χ0) is 21.0. The monoisotopic (exact) mass is 402 g/mol. The van der Waals surface area contributed by atoms with Crippen molar-refractivity contribution in [3.8, 4) is 5.75 Å². The Morgan fingerprint density at radius 2 is 1.79 bits per heavy atom. The van der Waals surface area contributed by atoms with Gasteiger partial charge in [0, 0.05) is 24.2 Å². The molecule has 158 valence electrons. The van der Waals surface area contributed by atoms with Gasteiger partial charge in [-0.3, -0.25) is 14.4 Å². The zero-order valence-corrected chi connectivity index (χ0v) is 17.4. The number of ether oxygens (including phenoxy) is 1. The van der Waals surface area contributed by atoms with Gasteiger partial charge in [0.1, 0.15) is 12.4 Å². The number of carbonyl (C=O) groups is 3. The molecule has 1 aromatic carbocycles. The van der Waals surface area contributed by atoms with Crippen molar-refractivity contribution in [3.05, 3.63) is 18.2 Å². The molecule has 2 N–H and O–H groups in total. The second-order valence-corrected chi connectivity index (χ2v) is 8.46. The second kappa shape index (κ2) is 8.71. The van der Waals surface area contributed by atoms with Crippen molar-refractivity contribution in [2.75, 3.05) is 49.5 Å². The van der Waals surface area contributed by atoms with Crippen molar-refractivity contribution in [1.29, 1.82) is 0 Å². The highest BCUT2D eigenvalue weighted by atomic mass is 16.5. The summed E-state index contributed by atoms with van der Waals surface area (Å²) in [7, 11) is 0. The highest BCUT2D eigenvalue weighted by Crippen LogP contribution is 2.36. The number of amides is 3. The number of nitrogens with zero attached hydrogens (tertiary/aromatic N) is 2. The van der Waals surface area contributed by atoms with Gasteiger partial charge in [-0.15, -0.1) is 0 Å². The van der Waals surface area contributed by atoms with Crippen molar-refractivity contribution < 1.29 is 19.1 Å². The summed E-state index contributed by atoms with van der Waals surface area (Å²) < 4.78 is 5.67. The predicted octanol–water partition coefficient (Wildman–Crippen LogP) is 1.61. The van der Waals surface area contributed by atoms with Gasteiger partial charge >= 0.3 is 0 Å². The van der Waals surface area contributed by atoms with Crippen molar-refractivity contribution >= 4 is 29.1 Å². The van der Waals surface area contributed by atoms with Crippen LogP contribution >= 0.6 is 0 Å². The van der Waals surface area contributed by atoms with E-state index in [0.29, 0.717) is 30.3 Å². The minimum absolute atomic E-state index is 0.0202. The van der Waals surface area contributed by atoms with Gasteiger partial charge in [-0.2, -0.15) is 0 Å². The molecule has 2 aliphatic heterocycles. The average molecular weight is 402 g/mol. The Morgan fingerprint density at radius 1 is 1.07 bits per heavy atom. The first kappa shape index (κ1) is 21.0. The number of fused-ring (bicyclic) bond motifs is 1. The fourth-order valence-electron chi connectivity index (χ4n) is 3.44. The molecule has 0 atom stereocenters. The molecule has 1 aromatic rings. The first-order valence-corrected chi connectivity index (χ1v) is 10.1. The van der Waals surface area contributed by atoms with Gasteiger partial charge in [0.25, 0.3) is 0 Å². The molecule has 0 saturated carbocycles. The summed E-state index contributed by atoms with van der Waals surface area (Å²) in [5.74, 6) is 0.379. The maximum atomic E-state index is 12.8. The molecule has 0 aromatic heterocycles. The second-order valence-electron chi connectivity index (χ2n) is 8.46. The number of carbonyl (C=O) groups excluding carboxylic acids is 3. The number of rotatable bonds is 5. The molecule has 29 heavy (non-hydrogen) atoms. The van der Waals surface area contributed by atoms with E-state index < -0.39 is 5.41 Å². The molecule has 0 aliphatic carbocycles. The lowest BCUT2D eigenvalue weighted by molar-refractivity contribution is -0.131. The smallest absolute Gasteiger partial charge is 0.241 e. The first-order chi connectivity index (χ1) is 13.8. The number of nitrogens with one attached hydrogen (secondary N) is 2. The molecule has 2 aliphatic rings. The van der Waals surface area contributed by atoms with Gasteiger partial charge < -0.3 is 25.2 Å². The lowest BCUT2D eigenvalue weighted by atomic mass is 9.94. The normalized spacial score (nSPS) is 16.1. The fraction of sp³-hybridized carbons (Fsp3) is 0.571. The summed E-state index contributed by atoms with van der Waals surface area (Å²) >= 11 is 0. The Labute approximate surface area is 171 Å². The maximum Gasteiger partial charge on any atom is 0.241 e. The molecule has 0 bridgehead atoms. The van der Waals surface area contributed by atoms with Crippen LogP contribution < -0.4 is 20.3 Å². The van der Waals surface area contributed by atoms with E-state index in [1.165, 1.54) is 0 Å². The summed E-state index contributed by atoms with van der Waals surface area (Å²) in [4.78, 5) is 40.4. The zero-order valence-electron chi connectivity index (χ0n) is 17.4. The number of anilines is 2. The number of likely N-dealkylation sites (tertiary alicyclic amines) is 1. The summed E-state index contributed by atoms with van der Waals surface area (Å²) in [6, 6.07) is 5.43. The topological polar surface area (TPSA) is 91.0 Å². The van der Waals surface area contributed by atoms with Crippen LogP contribution in [-0.4, -0.2) is 62.0 Å². The van der Waals surface area contributed by atoms with Crippen LogP contribution in [0.1, 0.15) is 33.6 Å². The van der Waals surface area contributed by atoms with Crippen LogP contribution in [0.4, 0.5) is 11.4 Å². The van der Waals surface area contributed by atoms with Crippen LogP contribution in [0.2, 0.25) is 0 Å². The van der Waals surface area contributed by atoms with Gasteiger partial charge in [0.2, 0.25) is 17.7 Å². The molecule has 0 radical (unpaired) electrons. The third kappa shape index (κ3) is 5.19. The van der Waals surface area contributed by atoms with E-state index in [4.69, 9.17) is 4.74 Å². The quantitative estimate of drug-likeness (QED) is 0.781. The standard InChI is InChI=1S/C21H30N4O4/c1-21(2,3)20(28)25-10-11-29-17-7-6-15(12-16(17)25)22-13-18(26)23-14-19(27)24-8-4-5-9-24/h6-7,12,22H,4-5,8-11,13-14H2,1-3H3,(H,23,26). The van der Waals surface area contributed by atoms with Crippen LogP contribution in [0, 0.1) is 5.41 Å². The Hall–Kier alpha value is -2.77. The van der Waals surface area contributed by atoms with E-state index in [1.807, 2.05) is 32.9 Å². The van der Waals surface area contributed by atoms with Crippen LogP contribution in [0.15, 0.2) is 18.2 Å². The summed E-state index contributed by atoms with van der Waals surface area (Å²) in [5, 5.41) is 5.71. The van der Waals surface area contributed by atoms with Crippen molar-refractivity contribution in [2.45, 2.75) is 33.6 Å². The van der Waals surface area contributed by atoms with E-state index in [1.54, 1.807) is 15.9 Å². The number of hydrogen-bond acceptors (Lipinski definition) is 5. The lowest BCUT2D eigenvalue weighted by Gasteiger charge is -2.34. The van der Waals surface area contributed by atoms with Crippen LogP contribution in [0.3, 0.4) is 0 Å². The third-order valence-electron chi connectivity index (χ3n) is 5.06. The molecule has 0 unspecified atom stereocenters. The largest absolute Gasteiger partial charge is 0.490 e. The number of hydrogen-bond donors (Lipinski definition) is 2. The van der Waals surface area contributed by atoms with Gasteiger partial charge in [-0.25, -0.2) is 0 Å². The summed E-state index contributed by atoms with van der Waals surface area (Å²) in [6.45, 7) is 8.22. The van der Waals surface area contributed by atoms with Crippen LogP contribution in [0.5, 0.6) is 5.75 Å². The number of benzene rings is 1. The SMILES string of the molecule is CC(C)(C)C(=O)N1CCOc2ccc(NCC(=O)NCC(=O)N3CCCC3)cc21. The van der Waals surface area contributed by atoms with E-state index in [-0.39, 0.29) is 30.8 Å². The van der Waals surface area contributed by atoms with E-state index in [2.05, 4.69) is 10.6 Å². The van der Waals surface area contributed by atoms with Crippen molar-refractivity contribution in [3.63, 3.8) is 0 Å². The van der Waals surface area contributed by atoms with Gasteiger partial charge in [0.15, 0.2) is 0 Å². The van der Waals surface area contributed by atoms with Crippen molar-refractivity contribution in [1.82, 2.24) is 10.2 Å². The molecule has 1 saturated heterocycles. The Balaban J connectivity index is 1.57. The molecule has 1 fully saturated rings. The minimum Gasteiger partial charge on any atom is -0.490 e. The highest BCUT2D eigenvalue weighted by Gasteiger charge is 2.32. The predicted molar refractivity (Wildman–Crippen MR) is 111 cm³/mol. The Kier molecular flexibility index (Phi) is 6.30. The van der Waals surface area contributed by atoms with E-state index in [9.17, 15) is 14.4 Å². The Bertz CT molecular complexity index is 781. The third-order valence-corrected chi connectivity index (χ3v) is 5.06. The highest BCUT2D eigenvalue weighted by molar-refractivity contribution is 5.99. The van der Waals surface area contributed by atoms with E-state index in [0.717, 1.165) is 25.9 Å². The lowest BCUT2D eigenvalue weighted by Crippen LogP contribution is -2.44. The maximum absolute atomic E-state index is 12.8. The first-order valence-electron chi connectivity index (χ1n) is 10.1. The summed E-state index contributed by atoms with van der Waals surface area (Å²) in [5.41, 5.74) is 0.910. The van der Waals surface area contributed by atoms with Crippen molar-refractivity contribution in [2.24, 2.45) is 5.41 Å². The Morgan fingerprint density at radius 3 is 2.48 bits per heavy atom. The molecule has 3 rings (SSSR count). The molecule has 2 heterocycles. The molecule has 3 amide bonds. The molecular formula is C21H30N4O4. The molecule has 8 nitrogen and oxygen atoms in total. The molecule has 8 heteroatoms. The minimum atomic E-state index is -0.500. The van der Waals surface area contributed by atoms with Gasteiger partial charge in [-0.1, -0.05) is 20.8 Å². The van der Waals surface area contributed by atoms with Crippen LogP contribution in [-0.2, 0) is 14.4 Å². The van der Waals surface area contributed by atoms with Gasteiger partial charge in [0.05, 0.1) is 25.3 Å². The average Bonchev–Trinajstić information content (AvgIpc) is 3.23.